The number of nitrogens with zero attached hydrogens (tertiary/aromatic N) is 2. The summed E-state index contributed by atoms with van der Waals surface area (Å²) in [7, 11) is 1.81. The van der Waals surface area contributed by atoms with Crippen LogP contribution < -0.4 is 10.1 Å². The minimum Gasteiger partial charge on any atom is -0.454 e. The fourth-order valence-electron chi connectivity index (χ4n) is 1.92. The Morgan fingerprint density at radius 1 is 1.47 bits per heavy atom. The molecular weight excluding hydrogens is 245 g/mol. The van der Waals surface area contributed by atoms with Crippen molar-refractivity contribution >= 4 is 0 Å². The summed E-state index contributed by atoms with van der Waals surface area (Å²) in [6, 6.07) is 5.42. The van der Waals surface area contributed by atoms with E-state index in [1.807, 2.05) is 7.05 Å². The van der Waals surface area contributed by atoms with Gasteiger partial charge >= 0.3 is 0 Å². The summed E-state index contributed by atoms with van der Waals surface area (Å²) in [6.45, 7) is 0.493. The molecular formula is C14H16FN3O. The van der Waals surface area contributed by atoms with E-state index >= 15 is 0 Å². The van der Waals surface area contributed by atoms with Crippen molar-refractivity contribution in [2.24, 2.45) is 7.05 Å². The van der Waals surface area contributed by atoms with Crippen molar-refractivity contribution < 1.29 is 9.13 Å². The second-order valence-corrected chi connectivity index (χ2v) is 4.82. The Kier molecular flexibility index (Phi) is 3.21. The first kappa shape index (κ1) is 12.2. The van der Waals surface area contributed by atoms with Crippen LogP contribution in [0.15, 0.2) is 30.6 Å². The van der Waals surface area contributed by atoms with Crippen molar-refractivity contribution in [3.05, 3.63) is 42.0 Å². The van der Waals surface area contributed by atoms with Crippen LogP contribution >= 0.6 is 0 Å². The molecule has 5 heteroatoms. The number of rotatable bonds is 5. The quantitative estimate of drug-likeness (QED) is 0.899. The zero-order chi connectivity index (χ0) is 13.2. The summed E-state index contributed by atoms with van der Waals surface area (Å²) < 4.78 is 21.2. The number of halogens is 1. The summed E-state index contributed by atoms with van der Waals surface area (Å²) in [5.41, 5.74) is 0.568. The Hall–Kier alpha value is -1.88. The van der Waals surface area contributed by atoms with Gasteiger partial charge in [-0.2, -0.15) is 5.10 Å². The number of hydrogen-bond acceptors (Lipinski definition) is 3. The molecule has 0 bridgehead atoms. The molecule has 1 aromatic heterocycles. The number of nitrogens with one attached hydrogen (secondary N) is 1. The first-order valence-electron chi connectivity index (χ1n) is 6.39. The molecule has 1 N–H and O–H groups in total. The molecule has 0 aliphatic heterocycles. The summed E-state index contributed by atoms with van der Waals surface area (Å²) in [5, 5.41) is 7.34. The lowest BCUT2D eigenvalue weighted by Crippen LogP contribution is -2.16. The van der Waals surface area contributed by atoms with E-state index in [9.17, 15) is 4.39 Å². The third-order valence-electron chi connectivity index (χ3n) is 3.13. The average Bonchev–Trinajstić information content (AvgIpc) is 3.12. The van der Waals surface area contributed by atoms with E-state index in [1.54, 1.807) is 29.2 Å². The van der Waals surface area contributed by atoms with Gasteiger partial charge in [-0.3, -0.25) is 4.68 Å². The molecule has 1 aliphatic carbocycles. The molecule has 1 aliphatic rings. The Morgan fingerprint density at radius 2 is 2.32 bits per heavy atom. The maximum Gasteiger partial charge on any atom is 0.165 e. The maximum atomic E-state index is 13.9. The molecule has 4 nitrogen and oxygen atoms in total. The van der Waals surface area contributed by atoms with Gasteiger partial charge in [0.25, 0.3) is 0 Å². The van der Waals surface area contributed by atoms with E-state index in [1.165, 1.54) is 18.9 Å². The highest BCUT2D eigenvalue weighted by Crippen LogP contribution is 2.28. The second kappa shape index (κ2) is 5.01. The highest BCUT2D eigenvalue weighted by atomic mass is 19.1. The Bertz CT molecular complexity index is 578. The van der Waals surface area contributed by atoms with Gasteiger partial charge in [-0.15, -0.1) is 0 Å². The normalized spacial score (nSPS) is 14.6. The van der Waals surface area contributed by atoms with Crippen LogP contribution in [0.1, 0.15) is 18.4 Å². The van der Waals surface area contributed by atoms with Gasteiger partial charge in [-0.1, -0.05) is 6.07 Å². The monoisotopic (exact) mass is 261 g/mol. The number of benzene rings is 1. The van der Waals surface area contributed by atoms with E-state index in [2.05, 4.69) is 10.4 Å². The molecule has 0 unspecified atom stereocenters. The molecule has 0 spiro atoms. The van der Waals surface area contributed by atoms with Gasteiger partial charge in [0.1, 0.15) is 11.6 Å². The Balaban J connectivity index is 1.80. The van der Waals surface area contributed by atoms with Gasteiger partial charge < -0.3 is 10.1 Å². The SMILES string of the molecule is Cn1cc(Oc2cccc(F)c2CNC2CC2)cn1. The van der Waals surface area contributed by atoms with Crippen molar-refractivity contribution in [3.8, 4) is 11.5 Å². The molecule has 3 rings (SSSR count). The van der Waals surface area contributed by atoms with Gasteiger partial charge in [0.05, 0.1) is 12.4 Å². The zero-order valence-electron chi connectivity index (χ0n) is 10.8. The molecule has 2 aromatic rings. The van der Waals surface area contributed by atoms with Crippen molar-refractivity contribution in [1.82, 2.24) is 15.1 Å². The number of aryl methyl sites for hydroxylation is 1. The highest BCUT2D eigenvalue weighted by molar-refractivity contribution is 5.37. The highest BCUT2D eigenvalue weighted by Gasteiger charge is 2.21. The van der Waals surface area contributed by atoms with Crippen molar-refractivity contribution in [2.75, 3.05) is 0 Å². The molecule has 0 saturated heterocycles. The summed E-state index contributed by atoms with van der Waals surface area (Å²) >= 11 is 0. The van der Waals surface area contributed by atoms with E-state index in [4.69, 9.17) is 4.74 Å². The lowest BCUT2D eigenvalue weighted by atomic mass is 10.2. The van der Waals surface area contributed by atoms with Gasteiger partial charge in [-0.25, -0.2) is 4.39 Å². The lowest BCUT2D eigenvalue weighted by molar-refractivity contribution is 0.461. The molecule has 0 radical (unpaired) electrons. The van der Waals surface area contributed by atoms with Crippen LogP contribution in [0.5, 0.6) is 11.5 Å². The summed E-state index contributed by atoms with van der Waals surface area (Å²) in [5.74, 6) is 0.913. The van der Waals surface area contributed by atoms with Crippen LogP contribution in [0.25, 0.3) is 0 Å². The van der Waals surface area contributed by atoms with Gasteiger partial charge in [-0.05, 0) is 25.0 Å². The molecule has 1 aromatic carbocycles. The van der Waals surface area contributed by atoms with E-state index < -0.39 is 0 Å². The average molecular weight is 261 g/mol. The zero-order valence-corrected chi connectivity index (χ0v) is 10.8. The molecule has 0 atom stereocenters. The number of ether oxygens (including phenoxy) is 1. The van der Waals surface area contributed by atoms with Crippen LogP contribution in [0.4, 0.5) is 4.39 Å². The first-order chi connectivity index (χ1) is 9.22. The minimum absolute atomic E-state index is 0.241. The van der Waals surface area contributed by atoms with Crippen molar-refractivity contribution in [3.63, 3.8) is 0 Å². The predicted octanol–water partition coefficient (Wildman–Crippen LogP) is 2.60. The minimum atomic E-state index is -0.241. The smallest absolute Gasteiger partial charge is 0.165 e. The largest absolute Gasteiger partial charge is 0.454 e. The van der Waals surface area contributed by atoms with Crippen molar-refractivity contribution in [2.45, 2.75) is 25.4 Å². The first-order valence-corrected chi connectivity index (χ1v) is 6.39. The fourth-order valence-corrected chi connectivity index (χ4v) is 1.92. The summed E-state index contributed by atoms with van der Waals surface area (Å²) in [4.78, 5) is 0. The Labute approximate surface area is 111 Å². The fraction of sp³-hybridized carbons (Fsp3) is 0.357. The van der Waals surface area contributed by atoms with Crippen LogP contribution in [0.2, 0.25) is 0 Å². The third-order valence-corrected chi connectivity index (χ3v) is 3.13. The standard InChI is InChI=1S/C14H16FN3O/c1-18-9-11(7-17-18)19-14-4-2-3-13(15)12(14)8-16-10-5-6-10/h2-4,7,9-10,16H,5-6,8H2,1H3. The van der Waals surface area contributed by atoms with Gasteiger partial charge in [0, 0.05) is 25.2 Å². The lowest BCUT2D eigenvalue weighted by Gasteiger charge is -2.11. The number of hydrogen-bond donors (Lipinski definition) is 1. The van der Waals surface area contributed by atoms with E-state index in [0.29, 0.717) is 29.6 Å². The summed E-state index contributed by atoms with van der Waals surface area (Å²) in [6.07, 6.45) is 5.71. The van der Waals surface area contributed by atoms with Crippen LogP contribution in [0.3, 0.4) is 0 Å². The Morgan fingerprint density at radius 3 is 3.00 bits per heavy atom. The van der Waals surface area contributed by atoms with Gasteiger partial charge in [0.15, 0.2) is 5.75 Å². The van der Waals surface area contributed by atoms with Gasteiger partial charge in [0.2, 0.25) is 0 Å². The van der Waals surface area contributed by atoms with E-state index in [0.717, 1.165) is 0 Å². The molecule has 0 amide bonds. The van der Waals surface area contributed by atoms with Crippen LogP contribution in [-0.4, -0.2) is 15.8 Å². The second-order valence-electron chi connectivity index (χ2n) is 4.82. The van der Waals surface area contributed by atoms with Crippen LogP contribution in [0, 0.1) is 5.82 Å². The van der Waals surface area contributed by atoms with Crippen molar-refractivity contribution in [1.29, 1.82) is 0 Å². The molecule has 100 valence electrons. The molecule has 1 fully saturated rings. The molecule has 19 heavy (non-hydrogen) atoms. The van der Waals surface area contributed by atoms with E-state index in [-0.39, 0.29) is 5.82 Å². The maximum absolute atomic E-state index is 13.9. The topological polar surface area (TPSA) is 39.1 Å². The molecule has 1 saturated carbocycles. The molecule has 1 heterocycles. The third kappa shape index (κ3) is 2.93. The van der Waals surface area contributed by atoms with Crippen LogP contribution in [-0.2, 0) is 13.6 Å². The predicted molar refractivity (Wildman–Crippen MR) is 69.5 cm³/mol. The number of aromatic nitrogens is 2.